The highest BCUT2D eigenvalue weighted by atomic mass is 19.3. The van der Waals surface area contributed by atoms with Gasteiger partial charge in [-0.1, -0.05) is 42.5 Å². The van der Waals surface area contributed by atoms with Gasteiger partial charge >= 0.3 is 6.61 Å². The maximum Gasteiger partial charge on any atom is 0.387 e. The summed E-state index contributed by atoms with van der Waals surface area (Å²) < 4.78 is 34.4. The Morgan fingerprint density at radius 3 is 2.48 bits per heavy atom. The zero-order valence-electron chi connectivity index (χ0n) is 15.7. The number of hydrogen-bond acceptors (Lipinski definition) is 4. The lowest BCUT2D eigenvalue weighted by Gasteiger charge is -2.15. The van der Waals surface area contributed by atoms with E-state index in [0.29, 0.717) is 18.1 Å². The molecule has 0 spiro atoms. The molecular weight excluding hydrogens is 378 g/mol. The van der Waals surface area contributed by atoms with Gasteiger partial charge in [-0.25, -0.2) is 4.98 Å². The van der Waals surface area contributed by atoms with Crippen molar-refractivity contribution in [3.05, 3.63) is 89.6 Å². The van der Waals surface area contributed by atoms with Crippen molar-refractivity contribution in [3.63, 3.8) is 0 Å². The van der Waals surface area contributed by atoms with E-state index in [9.17, 15) is 13.6 Å². The van der Waals surface area contributed by atoms with Gasteiger partial charge in [0.1, 0.15) is 12.4 Å². The summed E-state index contributed by atoms with van der Waals surface area (Å²) in [6.07, 6.45) is 1.51. The third-order valence-corrected chi connectivity index (χ3v) is 4.18. The minimum atomic E-state index is -2.87. The van der Waals surface area contributed by atoms with E-state index in [-0.39, 0.29) is 17.7 Å². The first-order chi connectivity index (χ1) is 14.0. The van der Waals surface area contributed by atoms with E-state index in [0.717, 1.165) is 11.1 Å². The molecule has 0 aliphatic carbocycles. The van der Waals surface area contributed by atoms with Gasteiger partial charge in [-0.2, -0.15) is 8.78 Å². The Morgan fingerprint density at radius 2 is 1.79 bits per heavy atom. The summed E-state index contributed by atoms with van der Waals surface area (Å²) in [6, 6.07) is 18.6. The number of rotatable bonds is 8. The second-order valence-electron chi connectivity index (χ2n) is 6.30. The maximum atomic E-state index is 12.5. The Labute approximate surface area is 167 Å². The molecule has 0 fully saturated rings. The SMILES string of the molecule is CC(NC(=O)c1ccnc(OCc2ccccc2)c1)c1ccc(OC(F)F)cc1. The molecule has 0 radical (unpaired) electrons. The number of hydrogen-bond donors (Lipinski definition) is 1. The zero-order valence-corrected chi connectivity index (χ0v) is 15.7. The van der Waals surface area contributed by atoms with Crippen molar-refractivity contribution in [3.8, 4) is 11.6 Å². The summed E-state index contributed by atoms with van der Waals surface area (Å²) in [5, 5.41) is 2.86. The number of carbonyl (C=O) groups is 1. The quantitative estimate of drug-likeness (QED) is 0.595. The Hall–Kier alpha value is -3.48. The molecule has 150 valence electrons. The van der Waals surface area contributed by atoms with Crippen LogP contribution in [0.1, 0.15) is 34.5 Å². The molecule has 5 nitrogen and oxygen atoms in total. The molecule has 1 unspecified atom stereocenters. The van der Waals surface area contributed by atoms with Crippen molar-refractivity contribution in [2.45, 2.75) is 26.2 Å². The van der Waals surface area contributed by atoms with Crippen LogP contribution in [0, 0.1) is 0 Å². The molecular formula is C22H20F2N2O3. The van der Waals surface area contributed by atoms with Crippen molar-refractivity contribution in [2.75, 3.05) is 0 Å². The standard InChI is InChI=1S/C22H20F2N2O3/c1-15(17-7-9-19(10-8-17)29-22(23)24)26-21(27)18-11-12-25-20(13-18)28-14-16-5-3-2-4-6-16/h2-13,15,22H,14H2,1H3,(H,26,27). The summed E-state index contributed by atoms with van der Waals surface area (Å²) in [5.74, 6) is 0.122. The molecule has 0 aliphatic rings. The van der Waals surface area contributed by atoms with E-state index < -0.39 is 6.61 Å². The van der Waals surface area contributed by atoms with Crippen LogP contribution >= 0.6 is 0 Å². The van der Waals surface area contributed by atoms with Crippen molar-refractivity contribution >= 4 is 5.91 Å². The highest BCUT2D eigenvalue weighted by molar-refractivity contribution is 5.94. The molecule has 7 heteroatoms. The second-order valence-corrected chi connectivity index (χ2v) is 6.30. The Bertz CT molecular complexity index is 934. The molecule has 1 amide bonds. The molecule has 29 heavy (non-hydrogen) atoms. The van der Waals surface area contributed by atoms with Crippen molar-refractivity contribution in [1.82, 2.24) is 10.3 Å². The second kappa shape index (κ2) is 9.64. The minimum absolute atomic E-state index is 0.0663. The van der Waals surface area contributed by atoms with Crippen LogP contribution in [0.4, 0.5) is 8.78 Å². The van der Waals surface area contributed by atoms with E-state index in [4.69, 9.17) is 4.74 Å². The van der Waals surface area contributed by atoms with Crippen LogP contribution in [0.3, 0.4) is 0 Å². The molecule has 0 saturated heterocycles. The van der Waals surface area contributed by atoms with Crippen LogP contribution in [-0.4, -0.2) is 17.5 Å². The van der Waals surface area contributed by atoms with Crippen LogP contribution < -0.4 is 14.8 Å². The molecule has 3 rings (SSSR count). The lowest BCUT2D eigenvalue weighted by Crippen LogP contribution is -2.26. The number of ether oxygens (including phenoxy) is 2. The summed E-state index contributed by atoms with van der Waals surface area (Å²) in [4.78, 5) is 16.7. The molecule has 3 aromatic rings. The first-order valence-electron chi connectivity index (χ1n) is 8.99. The van der Waals surface area contributed by atoms with E-state index in [1.165, 1.54) is 18.3 Å². The van der Waals surface area contributed by atoms with Gasteiger partial charge in [0, 0.05) is 17.8 Å². The topological polar surface area (TPSA) is 60.5 Å². The third kappa shape index (κ3) is 6.00. The Morgan fingerprint density at radius 1 is 1.07 bits per heavy atom. The fourth-order valence-corrected chi connectivity index (χ4v) is 2.66. The number of nitrogens with zero attached hydrogens (tertiary/aromatic N) is 1. The van der Waals surface area contributed by atoms with E-state index in [1.807, 2.05) is 30.3 Å². The lowest BCUT2D eigenvalue weighted by molar-refractivity contribution is -0.0498. The summed E-state index contributed by atoms with van der Waals surface area (Å²) in [7, 11) is 0. The van der Waals surface area contributed by atoms with Gasteiger partial charge in [-0.15, -0.1) is 0 Å². The van der Waals surface area contributed by atoms with E-state index in [2.05, 4.69) is 15.0 Å². The van der Waals surface area contributed by atoms with E-state index in [1.54, 1.807) is 31.2 Å². The largest absolute Gasteiger partial charge is 0.473 e. The number of halogens is 2. The molecule has 2 aromatic carbocycles. The van der Waals surface area contributed by atoms with Gasteiger partial charge < -0.3 is 14.8 Å². The average Bonchev–Trinajstić information content (AvgIpc) is 2.73. The predicted molar refractivity (Wildman–Crippen MR) is 104 cm³/mol. The summed E-state index contributed by atoms with van der Waals surface area (Å²) in [5.41, 5.74) is 2.17. The smallest absolute Gasteiger partial charge is 0.387 e. The predicted octanol–water partition coefficient (Wildman–Crippen LogP) is 4.75. The molecule has 1 N–H and O–H groups in total. The van der Waals surface area contributed by atoms with Gasteiger partial charge in [0.2, 0.25) is 5.88 Å². The van der Waals surface area contributed by atoms with Crippen LogP contribution in [0.15, 0.2) is 72.9 Å². The van der Waals surface area contributed by atoms with Crippen LogP contribution in [-0.2, 0) is 6.61 Å². The zero-order chi connectivity index (χ0) is 20.6. The van der Waals surface area contributed by atoms with Gasteiger partial charge in [0.05, 0.1) is 6.04 Å². The number of alkyl halides is 2. The first-order valence-corrected chi connectivity index (χ1v) is 8.99. The number of carbonyl (C=O) groups excluding carboxylic acids is 1. The summed E-state index contributed by atoms with van der Waals surface area (Å²) in [6.45, 7) is -0.722. The van der Waals surface area contributed by atoms with Gasteiger partial charge in [0.15, 0.2) is 0 Å². The van der Waals surface area contributed by atoms with Gasteiger partial charge in [0.25, 0.3) is 5.91 Å². The first kappa shape index (κ1) is 20.3. The Kier molecular flexibility index (Phi) is 6.73. The van der Waals surface area contributed by atoms with Crippen LogP contribution in [0.25, 0.3) is 0 Å². The third-order valence-electron chi connectivity index (χ3n) is 4.18. The molecule has 1 heterocycles. The highest BCUT2D eigenvalue weighted by Crippen LogP contribution is 2.20. The van der Waals surface area contributed by atoms with Gasteiger partial charge in [-0.05, 0) is 36.2 Å². The number of aromatic nitrogens is 1. The molecule has 0 saturated carbocycles. The van der Waals surface area contributed by atoms with Gasteiger partial charge in [-0.3, -0.25) is 4.79 Å². The minimum Gasteiger partial charge on any atom is -0.473 e. The van der Waals surface area contributed by atoms with Crippen molar-refractivity contribution < 1.29 is 23.0 Å². The fourth-order valence-electron chi connectivity index (χ4n) is 2.66. The molecule has 1 atom stereocenters. The Balaban J connectivity index is 1.59. The monoisotopic (exact) mass is 398 g/mol. The average molecular weight is 398 g/mol. The van der Waals surface area contributed by atoms with Crippen molar-refractivity contribution in [1.29, 1.82) is 0 Å². The molecule has 0 bridgehead atoms. The van der Waals surface area contributed by atoms with E-state index >= 15 is 0 Å². The molecule has 1 aromatic heterocycles. The number of amides is 1. The highest BCUT2D eigenvalue weighted by Gasteiger charge is 2.13. The number of benzene rings is 2. The maximum absolute atomic E-state index is 12.5. The molecule has 0 aliphatic heterocycles. The normalized spacial score (nSPS) is 11.7. The van der Waals surface area contributed by atoms with Crippen molar-refractivity contribution in [2.24, 2.45) is 0 Å². The van der Waals surface area contributed by atoms with Crippen LogP contribution in [0.5, 0.6) is 11.6 Å². The van der Waals surface area contributed by atoms with Crippen LogP contribution in [0.2, 0.25) is 0 Å². The number of pyridine rings is 1. The number of nitrogens with one attached hydrogen (secondary N) is 1. The fraction of sp³-hybridized carbons (Fsp3) is 0.182. The summed E-state index contributed by atoms with van der Waals surface area (Å²) >= 11 is 0. The lowest BCUT2D eigenvalue weighted by atomic mass is 10.1.